The number of alkyl carbamates (subject to hydrolysis) is 1. The number of carbonyl (C=O) groups is 4. The van der Waals surface area contributed by atoms with E-state index in [9.17, 15) is 24.3 Å². The van der Waals surface area contributed by atoms with Crippen molar-refractivity contribution in [1.82, 2.24) is 15.2 Å². The van der Waals surface area contributed by atoms with Crippen LogP contribution in [0.15, 0.2) is 30.6 Å². The van der Waals surface area contributed by atoms with E-state index < -0.39 is 95.3 Å². The van der Waals surface area contributed by atoms with Crippen molar-refractivity contribution in [2.45, 2.75) is 134 Å². The zero-order valence-corrected chi connectivity index (χ0v) is 32.0. The minimum absolute atomic E-state index is 0.100. The van der Waals surface area contributed by atoms with Crippen LogP contribution >= 0.6 is 0 Å². The van der Waals surface area contributed by atoms with Crippen LogP contribution in [0.1, 0.15) is 80.2 Å². The number of cyclic esters (lactones) is 1. The smallest absolute Gasteiger partial charge is 0.408 e. The first-order valence-electron chi connectivity index (χ1n) is 18.1. The highest BCUT2D eigenvalue weighted by Crippen LogP contribution is 2.42. The van der Waals surface area contributed by atoms with Crippen molar-refractivity contribution in [1.29, 1.82) is 0 Å². The van der Waals surface area contributed by atoms with Crippen molar-refractivity contribution in [3.8, 4) is 0 Å². The number of aliphatic hydroxyl groups is 1. The number of fused-ring (bicyclic) bond motifs is 1. The van der Waals surface area contributed by atoms with Crippen molar-refractivity contribution in [3.63, 3.8) is 0 Å². The summed E-state index contributed by atoms with van der Waals surface area (Å²) >= 11 is 0. The third-order valence-electron chi connectivity index (χ3n) is 10.9. The van der Waals surface area contributed by atoms with E-state index in [2.05, 4.69) is 10.3 Å². The average molecular weight is 734 g/mol. The lowest BCUT2D eigenvalue weighted by Gasteiger charge is -2.48. The Hall–Kier alpha value is -3.30. The molecule has 290 valence electrons. The first kappa shape index (κ1) is 41.5. The van der Waals surface area contributed by atoms with Crippen LogP contribution in [0.5, 0.6) is 0 Å². The lowest BCUT2D eigenvalue weighted by atomic mass is 9.72. The fraction of sp³-hybridized carbons (Fsp3) is 0.711. The Labute approximate surface area is 305 Å². The molecular weight excluding hydrogens is 677 g/mol. The number of ketones is 2. The van der Waals surface area contributed by atoms with Crippen LogP contribution < -0.4 is 5.32 Å². The van der Waals surface area contributed by atoms with E-state index in [1.165, 1.54) is 27.7 Å². The van der Waals surface area contributed by atoms with Gasteiger partial charge in [0.25, 0.3) is 0 Å². The van der Waals surface area contributed by atoms with Crippen LogP contribution in [0.25, 0.3) is 6.08 Å². The predicted molar refractivity (Wildman–Crippen MR) is 189 cm³/mol. The predicted octanol–water partition coefficient (Wildman–Crippen LogP) is 4.05. The zero-order valence-electron chi connectivity index (χ0n) is 32.0. The number of hydrogen-bond donors (Lipinski definition) is 2. The zero-order chi connectivity index (χ0) is 38.8. The van der Waals surface area contributed by atoms with E-state index in [-0.39, 0.29) is 25.2 Å². The largest absolute Gasteiger partial charge is 0.458 e. The Morgan fingerprint density at radius 3 is 2.42 bits per heavy atom. The molecule has 2 N–H and O–H groups in total. The van der Waals surface area contributed by atoms with Gasteiger partial charge in [-0.25, -0.2) is 9.18 Å². The van der Waals surface area contributed by atoms with Gasteiger partial charge in [0.15, 0.2) is 29.1 Å². The van der Waals surface area contributed by atoms with Crippen LogP contribution in [0, 0.1) is 17.8 Å². The van der Waals surface area contributed by atoms with E-state index in [1.54, 1.807) is 44.5 Å². The van der Waals surface area contributed by atoms with Crippen molar-refractivity contribution in [2.75, 3.05) is 20.7 Å². The summed E-state index contributed by atoms with van der Waals surface area (Å²) in [5.41, 5.74) is -5.13. The van der Waals surface area contributed by atoms with E-state index in [0.29, 0.717) is 6.42 Å². The molecule has 3 saturated heterocycles. The highest BCUT2D eigenvalue weighted by Gasteiger charge is 2.59. The van der Waals surface area contributed by atoms with Gasteiger partial charge in [0.05, 0.1) is 30.5 Å². The lowest BCUT2D eigenvalue weighted by Crippen LogP contribution is -2.62. The quantitative estimate of drug-likeness (QED) is 0.292. The number of aromatic nitrogens is 1. The van der Waals surface area contributed by atoms with Crippen molar-refractivity contribution < 1.29 is 52.4 Å². The van der Waals surface area contributed by atoms with Gasteiger partial charge in [-0.1, -0.05) is 39.0 Å². The molecule has 0 aromatic carbocycles. The third kappa shape index (κ3) is 8.73. The Morgan fingerprint density at radius 2 is 1.81 bits per heavy atom. The topological polar surface area (TPSA) is 163 Å². The Kier molecular flexibility index (Phi) is 13.1. The number of hydrogen-bond acceptors (Lipinski definition) is 12. The molecule has 0 radical (unpaired) electrons. The van der Waals surface area contributed by atoms with Gasteiger partial charge in [0.2, 0.25) is 0 Å². The minimum atomic E-state index is -2.61. The number of amides is 1. The molecule has 52 heavy (non-hydrogen) atoms. The molecule has 1 aromatic heterocycles. The van der Waals surface area contributed by atoms with Gasteiger partial charge in [-0.15, -0.1) is 0 Å². The van der Waals surface area contributed by atoms with Gasteiger partial charge in [0, 0.05) is 36.7 Å². The van der Waals surface area contributed by atoms with E-state index in [4.69, 9.17) is 23.7 Å². The number of halogens is 1. The number of ether oxygens (including phenoxy) is 5. The van der Waals surface area contributed by atoms with Crippen LogP contribution in [-0.4, -0.2) is 119 Å². The molecule has 3 aliphatic rings. The molecule has 4 rings (SSSR count). The number of pyridine rings is 1. The average Bonchev–Trinajstić information content (AvgIpc) is 3.41. The summed E-state index contributed by atoms with van der Waals surface area (Å²) in [6.07, 6.45) is 0.736. The molecule has 14 heteroatoms. The van der Waals surface area contributed by atoms with Gasteiger partial charge < -0.3 is 39.0 Å². The summed E-state index contributed by atoms with van der Waals surface area (Å²) in [6, 6.07) is 2.16. The molecule has 1 aromatic rings. The Bertz CT molecular complexity index is 1480. The number of alkyl halides is 1. The maximum Gasteiger partial charge on any atom is 0.408 e. The summed E-state index contributed by atoms with van der Waals surface area (Å²) in [5.74, 6) is -5.99. The molecule has 0 spiro atoms. The van der Waals surface area contributed by atoms with Gasteiger partial charge in [-0.05, 0) is 73.2 Å². The lowest BCUT2D eigenvalue weighted by molar-refractivity contribution is -0.297. The normalized spacial score (nSPS) is 40.9. The number of aliphatic hydroxyl groups excluding tert-OH is 1. The van der Waals surface area contributed by atoms with E-state index in [0.717, 1.165) is 12.5 Å². The summed E-state index contributed by atoms with van der Waals surface area (Å²) in [6.45, 7) is 12.1. The molecule has 13 nitrogen and oxygen atoms in total. The number of rotatable bonds is 8. The van der Waals surface area contributed by atoms with Crippen LogP contribution in [0.2, 0.25) is 0 Å². The summed E-state index contributed by atoms with van der Waals surface area (Å²) in [7, 11) is 3.64. The second-order valence-electron chi connectivity index (χ2n) is 15.4. The van der Waals surface area contributed by atoms with E-state index in [1.807, 2.05) is 32.0 Å². The number of Topliss-reactive ketones (excluding diaryl/α,β-unsaturated/α-hetero) is 2. The van der Waals surface area contributed by atoms with Gasteiger partial charge in [0.1, 0.15) is 18.1 Å². The van der Waals surface area contributed by atoms with Crippen LogP contribution in [0.3, 0.4) is 0 Å². The standard InChI is InChI=1S/C38H56FN3O10/c1-11-27-38(8)30(41-35(47)52-38)24(5)31(45)36(6,39)20-37(7,48-17-13-15-25-14-12-16-40-19-25)32(22(3)28(43)23(4)33(46)50-27)51-34-29(44)26(42(9)10)18-21(2)49-34/h12-16,19,21-24,26-27,29-30,32,34,44H,11,17-18,20H2,1-10H3,(H,41,47)/b15-13+/t21-,22+,23-,24-,26+,27-,29-,30+,32-,34+,36+,37-,38-/m1/s1. The second kappa shape index (κ2) is 16.4. The summed E-state index contributed by atoms with van der Waals surface area (Å²) in [4.78, 5) is 60.9. The van der Waals surface area contributed by atoms with Crippen molar-refractivity contribution in [3.05, 3.63) is 36.2 Å². The SMILES string of the molecule is CC[C@H]1OC(=O)[C@H](C)C(=O)[C@H](C)[C@@H](O[C@@H]2O[C@H](C)C[C@H](N(C)C)[C@H]2O)[C@](C)(OC/C=C/c2cccnc2)C[C@](C)(F)C(=O)[C@H](C)[C@@H]2NC(=O)O[C@]12C. The first-order chi connectivity index (χ1) is 24.3. The Morgan fingerprint density at radius 1 is 1.12 bits per heavy atom. The highest BCUT2D eigenvalue weighted by atomic mass is 19.1. The number of nitrogens with zero attached hydrogens (tertiary/aromatic N) is 2. The molecule has 3 fully saturated rings. The van der Waals surface area contributed by atoms with Gasteiger partial charge in [-0.2, -0.15) is 0 Å². The van der Waals surface area contributed by atoms with Crippen LogP contribution in [-0.2, 0) is 38.1 Å². The highest BCUT2D eigenvalue weighted by molar-refractivity contribution is 6.00. The summed E-state index contributed by atoms with van der Waals surface area (Å²) < 4.78 is 47.9. The number of nitrogens with one attached hydrogen (secondary N) is 1. The number of likely N-dealkylation sites (N-methyl/N-ethyl adjacent to an activating group) is 1. The molecule has 0 saturated carbocycles. The van der Waals surface area contributed by atoms with Crippen LogP contribution in [0.4, 0.5) is 9.18 Å². The second-order valence-corrected chi connectivity index (χ2v) is 15.4. The first-order valence-corrected chi connectivity index (χ1v) is 18.1. The third-order valence-corrected chi connectivity index (χ3v) is 10.9. The van der Waals surface area contributed by atoms with Crippen molar-refractivity contribution >= 4 is 29.7 Å². The Balaban J connectivity index is 1.84. The fourth-order valence-electron chi connectivity index (χ4n) is 8.05. The number of carbonyl (C=O) groups excluding carboxylic acids is 4. The van der Waals surface area contributed by atoms with Crippen molar-refractivity contribution in [2.24, 2.45) is 17.8 Å². The molecule has 0 aliphatic carbocycles. The fourth-order valence-corrected chi connectivity index (χ4v) is 8.05. The summed E-state index contributed by atoms with van der Waals surface area (Å²) in [5, 5.41) is 14.1. The molecular formula is C38H56FN3O10. The maximum atomic E-state index is 17.3. The molecule has 13 atom stereocenters. The number of esters is 1. The van der Waals surface area contributed by atoms with Gasteiger partial charge in [-0.3, -0.25) is 19.4 Å². The molecule has 3 aliphatic heterocycles. The minimum Gasteiger partial charge on any atom is -0.458 e. The van der Waals surface area contributed by atoms with Gasteiger partial charge >= 0.3 is 12.1 Å². The monoisotopic (exact) mass is 733 g/mol. The van der Waals surface area contributed by atoms with E-state index >= 15 is 4.39 Å². The molecule has 1 amide bonds. The molecule has 4 heterocycles. The maximum absolute atomic E-state index is 17.3. The molecule has 0 unspecified atom stereocenters. The molecule has 0 bridgehead atoms.